The molecule has 0 spiro atoms. The van der Waals surface area contributed by atoms with Crippen molar-refractivity contribution >= 4 is 12.0 Å². The predicted octanol–water partition coefficient (Wildman–Crippen LogP) is 3.14. The van der Waals surface area contributed by atoms with Gasteiger partial charge in [-0.3, -0.25) is 4.79 Å². The smallest absolute Gasteiger partial charge is 0.152 e. The van der Waals surface area contributed by atoms with Crippen LogP contribution in [0.1, 0.15) is 37.0 Å². The zero-order chi connectivity index (χ0) is 13.4. The normalized spacial score (nSPS) is 10.7. The van der Waals surface area contributed by atoms with Crippen molar-refractivity contribution in [1.29, 1.82) is 0 Å². The molecular weight excluding hydrogens is 226 g/mol. The standard InChI is InChI=1S/C15H23NO2/c1-4-14(5-2)16(10-11-18-3)15-9-7-6-8-13(15)12-17/h6-9,12,14H,4-5,10-11H2,1-3H3. The first-order valence-corrected chi connectivity index (χ1v) is 6.58. The van der Waals surface area contributed by atoms with Crippen molar-refractivity contribution in [2.45, 2.75) is 32.7 Å². The Labute approximate surface area is 110 Å². The topological polar surface area (TPSA) is 29.5 Å². The molecule has 100 valence electrons. The summed E-state index contributed by atoms with van der Waals surface area (Å²) in [5.74, 6) is 0. The lowest BCUT2D eigenvalue weighted by molar-refractivity contribution is 0.112. The van der Waals surface area contributed by atoms with E-state index in [0.29, 0.717) is 12.6 Å². The van der Waals surface area contributed by atoms with Crippen LogP contribution in [0.2, 0.25) is 0 Å². The lowest BCUT2D eigenvalue weighted by Crippen LogP contribution is -2.37. The Balaban J connectivity index is 3.03. The number of para-hydroxylation sites is 1. The summed E-state index contributed by atoms with van der Waals surface area (Å²) in [5.41, 5.74) is 1.76. The average molecular weight is 249 g/mol. The number of ether oxygens (including phenoxy) is 1. The molecule has 1 aromatic rings. The minimum absolute atomic E-state index is 0.446. The van der Waals surface area contributed by atoms with Crippen LogP contribution in [0.5, 0.6) is 0 Å². The molecule has 3 heteroatoms. The summed E-state index contributed by atoms with van der Waals surface area (Å²) in [4.78, 5) is 13.4. The van der Waals surface area contributed by atoms with Crippen LogP contribution in [0.4, 0.5) is 5.69 Å². The van der Waals surface area contributed by atoms with E-state index in [1.54, 1.807) is 7.11 Å². The third-order valence-electron chi connectivity index (χ3n) is 3.29. The van der Waals surface area contributed by atoms with Crippen molar-refractivity contribution < 1.29 is 9.53 Å². The summed E-state index contributed by atoms with van der Waals surface area (Å²) in [6.07, 6.45) is 3.05. The van der Waals surface area contributed by atoms with Gasteiger partial charge in [0.15, 0.2) is 6.29 Å². The maximum absolute atomic E-state index is 11.1. The number of carbonyl (C=O) groups excluding carboxylic acids is 1. The Morgan fingerprint density at radius 2 is 1.94 bits per heavy atom. The molecule has 0 aliphatic carbocycles. The van der Waals surface area contributed by atoms with E-state index < -0.39 is 0 Å². The van der Waals surface area contributed by atoms with Gasteiger partial charge in [-0.15, -0.1) is 0 Å². The van der Waals surface area contributed by atoms with Crippen LogP contribution in [0.25, 0.3) is 0 Å². The van der Waals surface area contributed by atoms with Crippen molar-refractivity contribution in [2.24, 2.45) is 0 Å². The summed E-state index contributed by atoms with van der Waals surface area (Å²) >= 11 is 0. The Hall–Kier alpha value is -1.35. The predicted molar refractivity (Wildman–Crippen MR) is 75.4 cm³/mol. The van der Waals surface area contributed by atoms with E-state index in [0.717, 1.165) is 36.9 Å². The van der Waals surface area contributed by atoms with E-state index in [9.17, 15) is 4.79 Å². The average Bonchev–Trinajstić information content (AvgIpc) is 2.43. The van der Waals surface area contributed by atoms with Gasteiger partial charge in [0.2, 0.25) is 0 Å². The molecule has 0 radical (unpaired) electrons. The van der Waals surface area contributed by atoms with Crippen LogP contribution in [0.3, 0.4) is 0 Å². The van der Waals surface area contributed by atoms with Crippen molar-refractivity contribution in [3.8, 4) is 0 Å². The maximum atomic E-state index is 11.1. The number of hydrogen-bond acceptors (Lipinski definition) is 3. The first-order valence-electron chi connectivity index (χ1n) is 6.58. The van der Waals surface area contributed by atoms with Crippen LogP contribution in [0, 0.1) is 0 Å². The molecule has 0 unspecified atom stereocenters. The van der Waals surface area contributed by atoms with Gasteiger partial charge in [-0.2, -0.15) is 0 Å². The van der Waals surface area contributed by atoms with E-state index in [4.69, 9.17) is 4.74 Å². The number of hydrogen-bond donors (Lipinski definition) is 0. The first kappa shape index (κ1) is 14.7. The van der Waals surface area contributed by atoms with E-state index >= 15 is 0 Å². The second-order valence-electron chi connectivity index (χ2n) is 4.33. The Kier molecular flexibility index (Phi) is 6.44. The van der Waals surface area contributed by atoms with Gasteiger partial charge < -0.3 is 9.64 Å². The van der Waals surface area contributed by atoms with Crippen LogP contribution < -0.4 is 4.90 Å². The van der Waals surface area contributed by atoms with Gasteiger partial charge in [0.1, 0.15) is 0 Å². The first-order chi connectivity index (χ1) is 8.78. The highest BCUT2D eigenvalue weighted by atomic mass is 16.5. The Bertz CT molecular complexity index is 361. The van der Waals surface area contributed by atoms with Gasteiger partial charge in [-0.25, -0.2) is 0 Å². The van der Waals surface area contributed by atoms with Gasteiger partial charge in [0, 0.05) is 30.9 Å². The van der Waals surface area contributed by atoms with E-state index in [-0.39, 0.29) is 0 Å². The van der Waals surface area contributed by atoms with Gasteiger partial charge in [-0.1, -0.05) is 26.0 Å². The van der Waals surface area contributed by atoms with Crippen LogP contribution in [0.15, 0.2) is 24.3 Å². The van der Waals surface area contributed by atoms with Gasteiger partial charge in [-0.05, 0) is 25.0 Å². The summed E-state index contributed by atoms with van der Waals surface area (Å²) in [6, 6.07) is 8.20. The van der Waals surface area contributed by atoms with Crippen molar-refractivity contribution in [2.75, 3.05) is 25.2 Å². The number of benzene rings is 1. The van der Waals surface area contributed by atoms with Gasteiger partial charge >= 0.3 is 0 Å². The minimum atomic E-state index is 0.446. The van der Waals surface area contributed by atoms with Crippen LogP contribution >= 0.6 is 0 Å². The summed E-state index contributed by atoms with van der Waals surface area (Å²) < 4.78 is 5.18. The van der Waals surface area contributed by atoms with Gasteiger partial charge in [0.05, 0.1) is 6.61 Å². The quantitative estimate of drug-likeness (QED) is 0.663. The largest absolute Gasteiger partial charge is 0.383 e. The van der Waals surface area contributed by atoms with E-state index in [2.05, 4.69) is 18.7 Å². The molecule has 0 fully saturated rings. The molecule has 0 aliphatic rings. The van der Waals surface area contributed by atoms with E-state index in [1.807, 2.05) is 24.3 Å². The molecule has 1 rings (SSSR count). The number of rotatable bonds is 8. The number of carbonyl (C=O) groups is 1. The lowest BCUT2D eigenvalue weighted by atomic mass is 10.1. The molecule has 0 N–H and O–H groups in total. The van der Waals surface area contributed by atoms with Crippen LogP contribution in [-0.2, 0) is 4.74 Å². The minimum Gasteiger partial charge on any atom is -0.383 e. The third kappa shape index (κ3) is 3.57. The molecule has 3 nitrogen and oxygen atoms in total. The summed E-state index contributed by atoms with van der Waals surface area (Å²) in [7, 11) is 1.71. The SMILES string of the molecule is CCC(CC)N(CCOC)c1ccccc1C=O. The number of aldehydes is 1. The molecule has 0 saturated carbocycles. The highest BCUT2D eigenvalue weighted by molar-refractivity contribution is 5.84. The zero-order valence-electron chi connectivity index (χ0n) is 11.6. The summed E-state index contributed by atoms with van der Waals surface area (Å²) in [6.45, 7) is 5.84. The Morgan fingerprint density at radius 1 is 1.28 bits per heavy atom. The highest BCUT2D eigenvalue weighted by Gasteiger charge is 2.17. The molecule has 0 aromatic heterocycles. The number of methoxy groups -OCH3 is 1. The molecule has 0 heterocycles. The number of anilines is 1. The molecule has 18 heavy (non-hydrogen) atoms. The fourth-order valence-electron chi connectivity index (χ4n) is 2.27. The fourth-order valence-corrected chi connectivity index (χ4v) is 2.27. The summed E-state index contributed by atoms with van der Waals surface area (Å²) in [5, 5.41) is 0. The second-order valence-corrected chi connectivity index (χ2v) is 4.33. The molecule has 1 aromatic carbocycles. The Morgan fingerprint density at radius 3 is 2.50 bits per heavy atom. The third-order valence-corrected chi connectivity index (χ3v) is 3.29. The molecule has 0 bridgehead atoms. The monoisotopic (exact) mass is 249 g/mol. The lowest BCUT2D eigenvalue weighted by Gasteiger charge is -2.33. The van der Waals surface area contributed by atoms with Crippen molar-refractivity contribution in [1.82, 2.24) is 0 Å². The van der Waals surface area contributed by atoms with Gasteiger partial charge in [0.25, 0.3) is 0 Å². The van der Waals surface area contributed by atoms with Crippen molar-refractivity contribution in [3.63, 3.8) is 0 Å². The molecule has 0 aliphatic heterocycles. The maximum Gasteiger partial charge on any atom is 0.152 e. The fraction of sp³-hybridized carbons (Fsp3) is 0.533. The number of nitrogens with zero attached hydrogens (tertiary/aromatic N) is 1. The van der Waals surface area contributed by atoms with E-state index in [1.165, 1.54) is 0 Å². The molecular formula is C15H23NO2. The molecule has 0 saturated heterocycles. The van der Waals surface area contributed by atoms with Crippen LogP contribution in [-0.4, -0.2) is 32.6 Å². The second kappa shape index (κ2) is 7.88. The zero-order valence-corrected chi connectivity index (χ0v) is 11.6. The highest BCUT2D eigenvalue weighted by Crippen LogP contribution is 2.23. The molecule has 0 amide bonds. The van der Waals surface area contributed by atoms with Crippen molar-refractivity contribution in [3.05, 3.63) is 29.8 Å². The molecule has 0 atom stereocenters.